The summed E-state index contributed by atoms with van der Waals surface area (Å²) in [4.78, 5) is 0. The first-order valence-corrected chi connectivity index (χ1v) is 7.55. The van der Waals surface area contributed by atoms with E-state index in [9.17, 15) is 5.11 Å². The number of aromatic amines is 1. The number of para-hydroxylation sites is 1. The van der Waals surface area contributed by atoms with Gasteiger partial charge in [-0.15, -0.1) is 0 Å². The highest BCUT2D eigenvalue weighted by Gasteiger charge is 2.17. The number of aryl methyl sites for hydroxylation is 2. The summed E-state index contributed by atoms with van der Waals surface area (Å²) < 4.78 is 7.88. The first kappa shape index (κ1) is 15.3. The van der Waals surface area contributed by atoms with Crippen molar-refractivity contribution >= 4 is 12.2 Å². The van der Waals surface area contributed by atoms with Gasteiger partial charge in [-0.25, -0.2) is 0 Å². The molecule has 0 saturated heterocycles. The molecule has 0 aliphatic carbocycles. The Morgan fingerprint density at radius 3 is 2.65 bits per heavy atom. The molecule has 5 nitrogen and oxygen atoms in total. The molecule has 3 aromatic rings. The zero-order valence-electron chi connectivity index (χ0n) is 13.1. The fourth-order valence-electron chi connectivity index (χ4n) is 2.68. The molecule has 3 rings (SSSR count). The molecule has 1 heterocycles. The van der Waals surface area contributed by atoms with E-state index < -0.39 is 0 Å². The predicted octanol–water partition coefficient (Wildman–Crippen LogP) is 3.93. The lowest BCUT2D eigenvalue weighted by Crippen LogP contribution is -2.02. The Kier molecular flexibility index (Phi) is 3.92. The molecule has 1 aromatic heterocycles. The second-order valence-corrected chi connectivity index (χ2v) is 5.70. The van der Waals surface area contributed by atoms with Crippen LogP contribution in [0.4, 0.5) is 0 Å². The SMILES string of the molecule is COc1c(C)cccc1-n1c(-c2ccc(O)cc2C)n[nH]c1=S. The fourth-order valence-corrected chi connectivity index (χ4v) is 2.91. The van der Waals surface area contributed by atoms with Crippen LogP contribution in [-0.2, 0) is 0 Å². The van der Waals surface area contributed by atoms with E-state index in [1.54, 1.807) is 19.2 Å². The highest BCUT2D eigenvalue weighted by molar-refractivity contribution is 7.71. The molecule has 0 bridgehead atoms. The van der Waals surface area contributed by atoms with E-state index in [4.69, 9.17) is 17.0 Å². The van der Waals surface area contributed by atoms with E-state index in [2.05, 4.69) is 10.2 Å². The second-order valence-electron chi connectivity index (χ2n) is 5.31. The summed E-state index contributed by atoms with van der Waals surface area (Å²) in [6.07, 6.45) is 0. The monoisotopic (exact) mass is 327 g/mol. The summed E-state index contributed by atoms with van der Waals surface area (Å²) in [5.41, 5.74) is 3.64. The summed E-state index contributed by atoms with van der Waals surface area (Å²) in [5.74, 6) is 1.65. The van der Waals surface area contributed by atoms with Crippen molar-refractivity contribution in [2.45, 2.75) is 13.8 Å². The fraction of sp³-hybridized carbons (Fsp3) is 0.176. The minimum atomic E-state index is 0.222. The van der Waals surface area contributed by atoms with Crippen LogP contribution < -0.4 is 4.74 Å². The molecular weight excluding hydrogens is 310 g/mol. The summed E-state index contributed by atoms with van der Waals surface area (Å²) in [6, 6.07) is 11.0. The van der Waals surface area contributed by atoms with Crippen LogP contribution in [0.2, 0.25) is 0 Å². The van der Waals surface area contributed by atoms with Gasteiger partial charge in [-0.2, -0.15) is 5.10 Å². The van der Waals surface area contributed by atoms with Gasteiger partial charge in [0.05, 0.1) is 12.8 Å². The van der Waals surface area contributed by atoms with Gasteiger partial charge >= 0.3 is 0 Å². The largest absolute Gasteiger partial charge is 0.508 e. The maximum atomic E-state index is 9.62. The van der Waals surface area contributed by atoms with Gasteiger partial charge < -0.3 is 9.84 Å². The lowest BCUT2D eigenvalue weighted by molar-refractivity contribution is 0.409. The Morgan fingerprint density at radius 2 is 1.96 bits per heavy atom. The van der Waals surface area contributed by atoms with Crippen molar-refractivity contribution in [3.05, 3.63) is 52.3 Å². The molecular formula is C17H17N3O2S. The number of hydrogen-bond acceptors (Lipinski definition) is 4. The molecule has 0 aliphatic rings. The quantitative estimate of drug-likeness (QED) is 0.716. The molecule has 0 fully saturated rings. The number of phenolic OH excluding ortho intramolecular Hbond substituents is 1. The number of nitrogens with zero attached hydrogens (tertiary/aromatic N) is 2. The lowest BCUT2D eigenvalue weighted by Gasteiger charge is -2.14. The predicted molar refractivity (Wildman–Crippen MR) is 91.9 cm³/mol. The lowest BCUT2D eigenvalue weighted by atomic mass is 10.1. The molecule has 118 valence electrons. The van der Waals surface area contributed by atoms with Crippen molar-refractivity contribution < 1.29 is 9.84 Å². The number of hydrogen-bond donors (Lipinski definition) is 2. The molecule has 0 amide bonds. The maximum absolute atomic E-state index is 9.62. The van der Waals surface area contributed by atoms with Crippen LogP contribution in [0.5, 0.6) is 11.5 Å². The minimum Gasteiger partial charge on any atom is -0.508 e. The smallest absolute Gasteiger partial charge is 0.200 e. The van der Waals surface area contributed by atoms with Crippen LogP contribution in [0, 0.1) is 18.6 Å². The molecule has 0 atom stereocenters. The molecule has 0 aliphatic heterocycles. The van der Waals surface area contributed by atoms with E-state index in [-0.39, 0.29) is 5.75 Å². The molecule has 2 aromatic carbocycles. The molecule has 0 saturated carbocycles. The maximum Gasteiger partial charge on any atom is 0.200 e. The van der Waals surface area contributed by atoms with Crippen molar-refractivity contribution in [2.24, 2.45) is 0 Å². The number of rotatable bonds is 3. The summed E-state index contributed by atoms with van der Waals surface area (Å²) in [5, 5.41) is 16.8. The van der Waals surface area contributed by atoms with Crippen LogP contribution in [0.1, 0.15) is 11.1 Å². The van der Waals surface area contributed by atoms with Gasteiger partial charge in [0.2, 0.25) is 0 Å². The Morgan fingerprint density at radius 1 is 1.17 bits per heavy atom. The number of methoxy groups -OCH3 is 1. The first-order chi connectivity index (χ1) is 11.0. The molecule has 0 unspecified atom stereocenters. The Labute approximate surface area is 139 Å². The molecule has 0 spiro atoms. The van der Waals surface area contributed by atoms with Gasteiger partial charge in [-0.05, 0) is 61.5 Å². The number of aromatic hydroxyl groups is 1. The van der Waals surface area contributed by atoms with Crippen LogP contribution >= 0.6 is 12.2 Å². The van der Waals surface area contributed by atoms with Crippen LogP contribution in [0.25, 0.3) is 17.1 Å². The standard InChI is InChI=1S/C17H17N3O2S/c1-10-5-4-6-14(15(10)22-3)20-16(18-19-17(20)23)13-8-7-12(21)9-11(13)2/h4-9,21H,1-3H3,(H,19,23). The molecule has 6 heteroatoms. The number of nitrogens with one attached hydrogen (secondary N) is 1. The Balaban J connectivity index is 2.29. The summed E-state index contributed by atoms with van der Waals surface area (Å²) in [6.45, 7) is 3.90. The van der Waals surface area contributed by atoms with Crippen molar-refractivity contribution in [3.63, 3.8) is 0 Å². The van der Waals surface area contributed by atoms with Crippen molar-refractivity contribution in [1.29, 1.82) is 0 Å². The van der Waals surface area contributed by atoms with Gasteiger partial charge in [-0.3, -0.25) is 9.67 Å². The number of benzene rings is 2. The van der Waals surface area contributed by atoms with Crippen LogP contribution in [-0.4, -0.2) is 27.0 Å². The first-order valence-electron chi connectivity index (χ1n) is 7.14. The summed E-state index contributed by atoms with van der Waals surface area (Å²) >= 11 is 5.41. The average molecular weight is 327 g/mol. The number of aromatic nitrogens is 3. The Hall–Kier alpha value is -2.60. The molecule has 23 heavy (non-hydrogen) atoms. The van der Waals surface area contributed by atoms with Gasteiger partial charge in [0.1, 0.15) is 11.5 Å². The normalized spacial score (nSPS) is 10.7. The number of ether oxygens (including phenoxy) is 1. The topological polar surface area (TPSA) is 63.1 Å². The van der Waals surface area contributed by atoms with E-state index >= 15 is 0 Å². The second kappa shape index (κ2) is 5.89. The van der Waals surface area contributed by atoms with Crippen LogP contribution in [0.15, 0.2) is 36.4 Å². The van der Waals surface area contributed by atoms with E-state index in [1.165, 1.54) is 0 Å². The minimum absolute atomic E-state index is 0.222. The third-order valence-corrected chi connectivity index (χ3v) is 4.03. The third-order valence-electron chi connectivity index (χ3n) is 3.76. The molecule has 2 N–H and O–H groups in total. The highest BCUT2D eigenvalue weighted by atomic mass is 32.1. The van der Waals surface area contributed by atoms with Crippen molar-refractivity contribution in [2.75, 3.05) is 7.11 Å². The van der Waals surface area contributed by atoms with E-state index in [0.717, 1.165) is 28.1 Å². The zero-order chi connectivity index (χ0) is 16.6. The highest BCUT2D eigenvalue weighted by Crippen LogP contribution is 2.32. The summed E-state index contributed by atoms with van der Waals surface area (Å²) in [7, 11) is 1.64. The van der Waals surface area contributed by atoms with Gasteiger partial charge in [0.15, 0.2) is 10.6 Å². The molecule has 0 radical (unpaired) electrons. The Bertz CT molecular complexity index is 928. The van der Waals surface area contributed by atoms with Crippen molar-refractivity contribution in [1.82, 2.24) is 14.8 Å². The van der Waals surface area contributed by atoms with Crippen LogP contribution in [0.3, 0.4) is 0 Å². The average Bonchev–Trinajstić information content (AvgIpc) is 2.88. The number of phenols is 1. The van der Waals surface area contributed by atoms with E-state index in [0.29, 0.717) is 10.6 Å². The van der Waals surface area contributed by atoms with Gasteiger partial charge in [0, 0.05) is 5.56 Å². The zero-order valence-corrected chi connectivity index (χ0v) is 13.9. The van der Waals surface area contributed by atoms with Gasteiger partial charge in [0.25, 0.3) is 0 Å². The third kappa shape index (κ3) is 2.61. The van der Waals surface area contributed by atoms with Gasteiger partial charge in [-0.1, -0.05) is 12.1 Å². The van der Waals surface area contributed by atoms with Crippen molar-refractivity contribution in [3.8, 4) is 28.6 Å². The number of H-pyrrole nitrogens is 1. The van der Waals surface area contributed by atoms with E-state index in [1.807, 2.05) is 42.7 Å².